The van der Waals surface area contributed by atoms with Crippen molar-refractivity contribution in [3.8, 4) is 5.75 Å². The fourth-order valence-electron chi connectivity index (χ4n) is 1.44. The summed E-state index contributed by atoms with van der Waals surface area (Å²) in [6.07, 6.45) is 3.51. The standard InChI is InChI=1S/C11H18N2O2/c1-14-8-4-5-9(12)11-10(15-2)6-3-7-13-11/h3,6-7,9H,4-5,8,12H2,1-2H3. The predicted octanol–water partition coefficient (Wildman–Crippen LogP) is 1.52. The molecule has 2 N–H and O–H groups in total. The molecular weight excluding hydrogens is 192 g/mol. The third kappa shape index (κ3) is 3.49. The lowest BCUT2D eigenvalue weighted by molar-refractivity contribution is 0.190. The minimum atomic E-state index is -0.0868. The van der Waals surface area contributed by atoms with E-state index in [4.69, 9.17) is 15.2 Å². The third-order valence-electron chi connectivity index (χ3n) is 2.23. The van der Waals surface area contributed by atoms with Crippen LogP contribution in [0.5, 0.6) is 5.75 Å². The molecule has 0 saturated carbocycles. The Bertz CT molecular complexity index is 292. The van der Waals surface area contributed by atoms with E-state index in [0.717, 1.165) is 30.9 Å². The van der Waals surface area contributed by atoms with Gasteiger partial charge in [0.1, 0.15) is 5.75 Å². The maximum absolute atomic E-state index is 6.01. The van der Waals surface area contributed by atoms with E-state index in [-0.39, 0.29) is 6.04 Å². The van der Waals surface area contributed by atoms with E-state index in [1.165, 1.54) is 0 Å². The fraction of sp³-hybridized carbons (Fsp3) is 0.545. The molecule has 1 rings (SSSR count). The first-order valence-electron chi connectivity index (χ1n) is 5.03. The van der Waals surface area contributed by atoms with Crippen molar-refractivity contribution in [3.63, 3.8) is 0 Å². The summed E-state index contributed by atoms with van der Waals surface area (Å²) in [6.45, 7) is 0.725. The zero-order valence-corrected chi connectivity index (χ0v) is 9.27. The van der Waals surface area contributed by atoms with Gasteiger partial charge in [-0.05, 0) is 25.0 Å². The molecule has 0 radical (unpaired) electrons. The van der Waals surface area contributed by atoms with E-state index in [9.17, 15) is 0 Å². The molecule has 0 bridgehead atoms. The predicted molar refractivity (Wildman–Crippen MR) is 58.8 cm³/mol. The van der Waals surface area contributed by atoms with E-state index in [1.807, 2.05) is 12.1 Å². The molecule has 0 spiro atoms. The van der Waals surface area contributed by atoms with Gasteiger partial charge in [-0.2, -0.15) is 0 Å². The monoisotopic (exact) mass is 210 g/mol. The maximum atomic E-state index is 6.01. The lowest BCUT2D eigenvalue weighted by Gasteiger charge is -2.13. The average Bonchev–Trinajstić information content (AvgIpc) is 2.29. The van der Waals surface area contributed by atoms with Crippen LogP contribution >= 0.6 is 0 Å². The number of aromatic nitrogens is 1. The van der Waals surface area contributed by atoms with Crippen LogP contribution in [0.2, 0.25) is 0 Å². The van der Waals surface area contributed by atoms with E-state index >= 15 is 0 Å². The van der Waals surface area contributed by atoms with Crippen LogP contribution in [0.25, 0.3) is 0 Å². The van der Waals surface area contributed by atoms with E-state index < -0.39 is 0 Å². The average molecular weight is 210 g/mol. The lowest BCUT2D eigenvalue weighted by atomic mass is 10.1. The highest BCUT2D eigenvalue weighted by atomic mass is 16.5. The molecule has 1 aromatic heterocycles. The number of hydrogen-bond acceptors (Lipinski definition) is 4. The van der Waals surface area contributed by atoms with Crippen molar-refractivity contribution < 1.29 is 9.47 Å². The molecule has 84 valence electrons. The number of methoxy groups -OCH3 is 2. The van der Waals surface area contributed by atoms with E-state index in [1.54, 1.807) is 20.4 Å². The highest BCUT2D eigenvalue weighted by Crippen LogP contribution is 2.23. The van der Waals surface area contributed by atoms with Crippen LogP contribution in [0, 0.1) is 0 Å². The molecule has 0 fully saturated rings. The van der Waals surface area contributed by atoms with Crippen LogP contribution in [0.1, 0.15) is 24.6 Å². The van der Waals surface area contributed by atoms with Gasteiger partial charge in [0.05, 0.1) is 18.8 Å². The summed E-state index contributed by atoms with van der Waals surface area (Å²) >= 11 is 0. The van der Waals surface area contributed by atoms with Crippen molar-refractivity contribution in [2.75, 3.05) is 20.8 Å². The van der Waals surface area contributed by atoms with Gasteiger partial charge in [-0.15, -0.1) is 0 Å². The molecular formula is C11H18N2O2. The number of nitrogens with zero attached hydrogens (tertiary/aromatic N) is 1. The van der Waals surface area contributed by atoms with Gasteiger partial charge in [0.15, 0.2) is 0 Å². The normalized spacial score (nSPS) is 12.5. The number of nitrogens with two attached hydrogens (primary N) is 1. The Kier molecular flexibility index (Phi) is 5.07. The van der Waals surface area contributed by atoms with E-state index in [0.29, 0.717) is 0 Å². The quantitative estimate of drug-likeness (QED) is 0.723. The zero-order chi connectivity index (χ0) is 11.1. The van der Waals surface area contributed by atoms with Gasteiger partial charge in [0.2, 0.25) is 0 Å². The van der Waals surface area contributed by atoms with Crippen molar-refractivity contribution in [1.82, 2.24) is 4.98 Å². The summed E-state index contributed by atoms with van der Waals surface area (Å²) in [5.74, 6) is 0.752. The molecule has 4 nitrogen and oxygen atoms in total. The fourth-order valence-corrected chi connectivity index (χ4v) is 1.44. The molecule has 0 aliphatic rings. The summed E-state index contributed by atoms with van der Waals surface area (Å²) in [4.78, 5) is 4.24. The molecule has 0 aromatic carbocycles. The zero-order valence-electron chi connectivity index (χ0n) is 9.27. The molecule has 0 amide bonds. The largest absolute Gasteiger partial charge is 0.495 e. The van der Waals surface area contributed by atoms with Gasteiger partial charge >= 0.3 is 0 Å². The first-order valence-corrected chi connectivity index (χ1v) is 5.03. The number of hydrogen-bond donors (Lipinski definition) is 1. The minimum absolute atomic E-state index is 0.0868. The summed E-state index contributed by atoms with van der Waals surface area (Å²) in [7, 11) is 3.31. The Morgan fingerprint density at radius 1 is 1.47 bits per heavy atom. The Morgan fingerprint density at radius 3 is 2.93 bits per heavy atom. The maximum Gasteiger partial charge on any atom is 0.141 e. The summed E-state index contributed by atoms with van der Waals surface area (Å²) < 4.78 is 10.2. The molecule has 1 heterocycles. The highest BCUT2D eigenvalue weighted by Gasteiger charge is 2.12. The van der Waals surface area contributed by atoms with Crippen molar-refractivity contribution in [2.45, 2.75) is 18.9 Å². The van der Waals surface area contributed by atoms with Gasteiger partial charge in [0, 0.05) is 19.9 Å². The second kappa shape index (κ2) is 6.37. The van der Waals surface area contributed by atoms with Gasteiger partial charge in [-0.3, -0.25) is 4.98 Å². The topological polar surface area (TPSA) is 57.4 Å². The molecule has 0 aliphatic heterocycles. The second-order valence-electron chi connectivity index (χ2n) is 3.33. The first-order chi connectivity index (χ1) is 7.29. The lowest BCUT2D eigenvalue weighted by Crippen LogP contribution is -2.14. The Balaban J connectivity index is 2.59. The van der Waals surface area contributed by atoms with Crippen molar-refractivity contribution in [3.05, 3.63) is 24.0 Å². The molecule has 1 unspecified atom stereocenters. The van der Waals surface area contributed by atoms with Crippen LogP contribution in [0.4, 0.5) is 0 Å². The van der Waals surface area contributed by atoms with Gasteiger partial charge in [-0.25, -0.2) is 0 Å². The van der Waals surface area contributed by atoms with Crippen molar-refractivity contribution in [1.29, 1.82) is 0 Å². The Hall–Kier alpha value is -1.13. The van der Waals surface area contributed by atoms with E-state index in [2.05, 4.69) is 4.98 Å². The SMILES string of the molecule is COCCCC(N)c1ncccc1OC. The smallest absolute Gasteiger partial charge is 0.141 e. The summed E-state index contributed by atoms with van der Waals surface area (Å²) in [5, 5.41) is 0. The molecule has 0 aliphatic carbocycles. The van der Waals surface area contributed by atoms with Gasteiger partial charge in [-0.1, -0.05) is 0 Å². The van der Waals surface area contributed by atoms with Crippen LogP contribution in [0.15, 0.2) is 18.3 Å². The van der Waals surface area contributed by atoms with Crippen LogP contribution in [0.3, 0.4) is 0 Å². The molecule has 1 atom stereocenters. The molecule has 1 aromatic rings. The minimum Gasteiger partial charge on any atom is -0.495 e. The summed E-state index contributed by atoms with van der Waals surface area (Å²) in [6, 6.07) is 3.62. The Morgan fingerprint density at radius 2 is 2.27 bits per heavy atom. The van der Waals surface area contributed by atoms with Crippen LogP contribution < -0.4 is 10.5 Å². The molecule has 15 heavy (non-hydrogen) atoms. The number of ether oxygens (including phenoxy) is 2. The first kappa shape index (κ1) is 11.9. The van der Waals surface area contributed by atoms with Gasteiger partial charge < -0.3 is 15.2 Å². The third-order valence-corrected chi connectivity index (χ3v) is 2.23. The van der Waals surface area contributed by atoms with Crippen molar-refractivity contribution >= 4 is 0 Å². The van der Waals surface area contributed by atoms with Crippen LogP contribution in [-0.4, -0.2) is 25.8 Å². The van der Waals surface area contributed by atoms with Gasteiger partial charge in [0.25, 0.3) is 0 Å². The van der Waals surface area contributed by atoms with Crippen LogP contribution in [-0.2, 0) is 4.74 Å². The number of rotatable bonds is 6. The summed E-state index contributed by atoms with van der Waals surface area (Å²) in [5.41, 5.74) is 6.83. The van der Waals surface area contributed by atoms with Crippen molar-refractivity contribution in [2.24, 2.45) is 5.73 Å². The Labute approximate surface area is 90.4 Å². The number of pyridine rings is 1. The molecule has 4 heteroatoms. The highest BCUT2D eigenvalue weighted by molar-refractivity contribution is 5.29. The second-order valence-corrected chi connectivity index (χ2v) is 3.33. The molecule has 0 saturated heterocycles.